The van der Waals surface area contributed by atoms with Gasteiger partial charge in [-0.1, -0.05) is 12.1 Å². The Morgan fingerprint density at radius 2 is 2.17 bits per heavy atom. The number of nitrogens with one attached hydrogen (secondary N) is 2. The Morgan fingerprint density at radius 1 is 1.44 bits per heavy atom. The van der Waals surface area contributed by atoms with Crippen LogP contribution in [0.4, 0.5) is 4.39 Å². The van der Waals surface area contributed by atoms with E-state index in [1.807, 2.05) is 6.92 Å². The standard InChI is InChI=1S/C14H19FN2O/c1-10(9-11-4-6-12(15)7-5-11)17-13-3-2-8-16-14(13)18/h4-7,10,13,17H,2-3,8-9H2,1H3,(H,16,18). The molecule has 1 amide bonds. The largest absolute Gasteiger partial charge is 0.355 e. The Morgan fingerprint density at radius 3 is 2.83 bits per heavy atom. The minimum atomic E-state index is -0.217. The first-order valence-corrected chi connectivity index (χ1v) is 6.43. The average molecular weight is 250 g/mol. The molecule has 1 aromatic carbocycles. The van der Waals surface area contributed by atoms with Gasteiger partial charge in [0.2, 0.25) is 5.91 Å². The summed E-state index contributed by atoms with van der Waals surface area (Å²) >= 11 is 0. The van der Waals surface area contributed by atoms with E-state index in [9.17, 15) is 9.18 Å². The van der Waals surface area contributed by atoms with Gasteiger partial charge in [0, 0.05) is 12.6 Å². The molecule has 0 saturated carbocycles. The summed E-state index contributed by atoms with van der Waals surface area (Å²) in [6.45, 7) is 2.83. The van der Waals surface area contributed by atoms with Gasteiger partial charge in [-0.05, 0) is 43.9 Å². The fourth-order valence-electron chi connectivity index (χ4n) is 2.31. The molecule has 2 unspecified atom stereocenters. The van der Waals surface area contributed by atoms with Gasteiger partial charge in [-0.3, -0.25) is 4.79 Å². The van der Waals surface area contributed by atoms with E-state index in [1.54, 1.807) is 12.1 Å². The van der Waals surface area contributed by atoms with E-state index in [2.05, 4.69) is 10.6 Å². The van der Waals surface area contributed by atoms with Gasteiger partial charge in [-0.2, -0.15) is 0 Å². The van der Waals surface area contributed by atoms with Gasteiger partial charge >= 0.3 is 0 Å². The van der Waals surface area contributed by atoms with Crippen molar-refractivity contribution in [2.75, 3.05) is 6.54 Å². The summed E-state index contributed by atoms with van der Waals surface area (Å²) in [6.07, 6.45) is 2.70. The Labute approximate surface area is 107 Å². The predicted molar refractivity (Wildman–Crippen MR) is 68.7 cm³/mol. The molecular weight excluding hydrogens is 231 g/mol. The van der Waals surface area contributed by atoms with Crippen molar-refractivity contribution >= 4 is 5.91 Å². The Kier molecular flexibility index (Phi) is 4.31. The van der Waals surface area contributed by atoms with Gasteiger partial charge in [0.1, 0.15) is 5.82 Å². The maximum absolute atomic E-state index is 12.8. The lowest BCUT2D eigenvalue weighted by Gasteiger charge is -2.26. The lowest BCUT2D eigenvalue weighted by Crippen LogP contribution is -2.51. The van der Waals surface area contributed by atoms with E-state index in [-0.39, 0.29) is 23.8 Å². The Bertz CT molecular complexity index is 405. The monoisotopic (exact) mass is 250 g/mol. The van der Waals surface area contributed by atoms with E-state index >= 15 is 0 Å². The second kappa shape index (κ2) is 5.96. The number of benzene rings is 1. The third-order valence-electron chi connectivity index (χ3n) is 3.23. The minimum Gasteiger partial charge on any atom is -0.355 e. The molecule has 18 heavy (non-hydrogen) atoms. The molecule has 0 bridgehead atoms. The number of rotatable bonds is 4. The summed E-state index contributed by atoms with van der Waals surface area (Å²) < 4.78 is 12.8. The molecule has 0 aromatic heterocycles. The molecule has 1 heterocycles. The summed E-state index contributed by atoms with van der Waals surface area (Å²) in [5, 5.41) is 6.18. The average Bonchev–Trinajstić information content (AvgIpc) is 2.35. The number of hydrogen-bond donors (Lipinski definition) is 2. The third-order valence-corrected chi connectivity index (χ3v) is 3.23. The van der Waals surface area contributed by atoms with Gasteiger partial charge in [0.25, 0.3) is 0 Å². The zero-order chi connectivity index (χ0) is 13.0. The van der Waals surface area contributed by atoms with Gasteiger partial charge < -0.3 is 10.6 Å². The smallest absolute Gasteiger partial charge is 0.237 e. The first kappa shape index (κ1) is 13.0. The molecule has 98 valence electrons. The minimum absolute atomic E-state index is 0.0887. The number of amides is 1. The number of piperidine rings is 1. The maximum atomic E-state index is 12.8. The Balaban J connectivity index is 1.86. The van der Waals surface area contributed by atoms with E-state index in [1.165, 1.54) is 12.1 Å². The van der Waals surface area contributed by atoms with Crippen LogP contribution in [0.15, 0.2) is 24.3 Å². The van der Waals surface area contributed by atoms with Crippen LogP contribution in [0, 0.1) is 5.82 Å². The van der Waals surface area contributed by atoms with Gasteiger partial charge in [-0.25, -0.2) is 4.39 Å². The van der Waals surface area contributed by atoms with E-state index in [4.69, 9.17) is 0 Å². The molecule has 1 saturated heterocycles. The molecule has 4 heteroatoms. The van der Waals surface area contributed by atoms with Crippen molar-refractivity contribution in [1.29, 1.82) is 0 Å². The zero-order valence-electron chi connectivity index (χ0n) is 10.6. The first-order valence-electron chi connectivity index (χ1n) is 6.43. The molecule has 1 aromatic rings. The molecule has 1 aliphatic rings. The van der Waals surface area contributed by atoms with Crippen molar-refractivity contribution < 1.29 is 9.18 Å². The van der Waals surface area contributed by atoms with E-state index < -0.39 is 0 Å². The molecule has 0 aliphatic carbocycles. The number of hydrogen-bond acceptors (Lipinski definition) is 2. The van der Waals surface area contributed by atoms with Crippen LogP contribution in [0.3, 0.4) is 0 Å². The topological polar surface area (TPSA) is 41.1 Å². The van der Waals surface area contributed by atoms with Crippen molar-refractivity contribution in [3.8, 4) is 0 Å². The van der Waals surface area contributed by atoms with Crippen molar-refractivity contribution in [1.82, 2.24) is 10.6 Å². The summed E-state index contributed by atoms with van der Waals surface area (Å²) in [5.74, 6) is -0.127. The fraction of sp³-hybridized carbons (Fsp3) is 0.500. The zero-order valence-corrected chi connectivity index (χ0v) is 10.6. The molecule has 1 fully saturated rings. The highest BCUT2D eigenvalue weighted by atomic mass is 19.1. The van der Waals surface area contributed by atoms with Crippen molar-refractivity contribution in [2.24, 2.45) is 0 Å². The van der Waals surface area contributed by atoms with Crippen LogP contribution in [0.25, 0.3) is 0 Å². The molecule has 0 radical (unpaired) electrons. The maximum Gasteiger partial charge on any atom is 0.237 e. The second-order valence-corrected chi connectivity index (χ2v) is 4.88. The molecule has 3 nitrogen and oxygen atoms in total. The van der Waals surface area contributed by atoms with E-state index in [0.717, 1.165) is 31.4 Å². The van der Waals surface area contributed by atoms with Crippen molar-refractivity contribution in [3.63, 3.8) is 0 Å². The molecule has 2 N–H and O–H groups in total. The highest BCUT2D eigenvalue weighted by molar-refractivity contribution is 5.82. The number of carbonyl (C=O) groups is 1. The quantitative estimate of drug-likeness (QED) is 0.852. The van der Waals surface area contributed by atoms with Crippen LogP contribution in [-0.4, -0.2) is 24.5 Å². The lowest BCUT2D eigenvalue weighted by molar-refractivity contribution is -0.124. The van der Waals surface area contributed by atoms with Crippen LogP contribution in [0.2, 0.25) is 0 Å². The van der Waals surface area contributed by atoms with Gasteiger partial charge in [0.05, 0.1) is 6.04 Å². The fourth-order valence-corrected chi connectivity index (χ4v) is 2.31. The van der Waals surface area contributed by atoms with Crippen LogP contribution in [0.5, 0.6) is 0 Å². The van der Waals surface area contributed by atoms with Crippen LogP contribution < -0.4 is 10.6 Å². The SMILES string of the molecule is CC(Cc1ccc(F)cc1)NC1CCCNC1=O. The Hall–Kier alpha value is -1.42. The molecule has 1 aliphatic heterocycles. The highest BCUT2D eigenvalue weighted by Gasteiger charge is 2.22. The molecule has 2 rings (SSSR count). The summed E-state index contributed by atoms with van der Waals surface area (Å²) in [4.78, 5) is 11.6. The van der Waals surface area contributed by atoms with Crippen molar-refractivity contribution in [3.05, 3.63) is 35.6 Å². The number of carbonyl (C=O) groups excluding carboxylic acids is 1. The third kappa shape index (κ3) is 3.53. The van der Waals surface area contributed by atoms with E-state index in [0.29, 0.717) is 0 Å². The van der Waals surface area contributed by atoms with Gasteiger partial charge in [-0.15, -0.1) is 0 Å². The highest BCUT2D eigenvalue weighted by Crippen LogP contribution is 2.08. The summed E-state index contributed by atoms with van der Waals surface area (Å²) in [5.41, 5.74) is 1.08. The second-order valence-electron chi connectivity index (χ2n) is 4.88. The van der Waals surface area contributed by atoms with Crippen LogP contribution >= 0.6 is 0 Å². The lowest BCUT2D eigenvalue weighted by atomic mass is 10.0. The molecular formula is C14H19FN2O. The van der Waals surface area contributed by atoms with Crippen LogP contribution in [-0.2, 0) is 11.2 Å². The normalized spacial score (nSPS) is 21.4. The van der Waals surface area contributed by atoms with Gasteiger partial charge in [0.15, 0.2) is 0 Å². The summed E-state index contributed by atoms with van der Waals surface area (Å²) in [7, 11) is 0. The predicted octanol–water partition coefficient (Wildman–Crippen LogP) is 1.62. The van der Waals surface area contributed by atoms with Crippen molar-refractivity contribution in [2.45, 2.75) is 38.3 Å². The molecule has 0 spiro atoms. The number of halogens is 1. The molecule has 2 atom stereocenters. The first-order chi connectivity index (χ1) is 8.65. The summed E-state index contributed by atoms with van der Waals surface area (Å²) in [6, 6.07) is 6.62. The van der Waals surface area contributed by atoms with Crippen LogP contribution in [0.1, 0.15) is 25.3 Å².